The van der Waals surface area contributed by atoms with Crippen molar-refractivity contribution in [2.75, 3.05) is 20.2 Å². The van der Waals surface area contributed by atoms with Crippen molar-refractivity contribution in [3.8, 4) is 23.3 Å². The van der Waals surface area contributed by atoms with Gasteiger partial charge in [0.2, 0.25) is 17.7 Å². The number of aromatic nitrogens is 2. The van der Waals surface area contributed by atoms with Crippen LogP contribution < -0.4 is 14.2 Å². The van der Waals surface area contributed by atoms with Crippen LogP contribution in [-0.2, 0) is 4.79 Å². The van der Waals surface area contributed by atoms with E-state index in [-0.39, 0.29) is 17.9 Å². The van der Waals surface area contributed by atoms with Gasteiger partial charge in [-0.25, -0.2) is 0 Å². The highest BCUT2D eigenvalue weighted by atomic mass is 16.5. The van der Waals surface area contributed by atoms with Crippen LogP contribution in [0.4, 0.5) is 0 Å². The first-order valence-electron chi connectivity index (χ1n) is 10.4. The Morgan fingerprint density at radius 2 is 1.61 bits per heavy atom. The molecule has 0 aliphatic carbocycles. The van der Waals surface area contributed by atoms with Crippen molar-refractivity contribution in [1.82, 2.24) is 15.1 Å². The van der Waals surface area contributed by atoms with Gasteiger partial charge in [-0.2, -0.15) is 0 Å². The van der Waals surface area contributed by atoms with Crippen LogP contribution in [0.15, 0.2) is 60.7 Å². The fraction of sp³-hybridized carbons (Fsp3) is 0.292. The van der Waals surface area contributed by atoms with Crippen molar-refractivity contribution < 1.29 is 19.0 Å². The Hall–Kier alpha value is -3.61. The smallest absolute Gasteiger partial charge is 0.234 e. The van der Waals surface area contributed by atoms with Crippen LogP contribution in [0.1, 0.15) is 29.9 Å². The SMILES string of the molecule is COc1ccc(OC2CCCN(C(=O)C3c4ccccc4Oc4ccccc43)C2)nn1. The average molecular weight is 417 g/mol. The summed E-state index contributed by atoms with van der Waals surface area (Å²) in [4.78, 5) is 15.6. The molecule has 1 amide bonds. The van der Waals surface area contributed by atoms with Gasteiger partial charge < -0.3 is 19.1 Å². The minimum Gasteiger partial charge on any atom is -0.480 e. The number of rotatable bonds is 4. The summed E-state index contributed by atoms with van der Waals surface area (Å²) in [5.74, 6) is 2.01. The first kappa shape index (κ1) is 19.4. The molecule has 31 heavy (non-hydrogen) atoms. The van der Waals surface area contributed by atoms with E-state index in [0.717, 1.165) is 35.5 Å². The van der Waals surface area contributed by atoms with Crippen LogP contribution in [-0.4, -0.2) is 47.3 Å². The fourth-order valence-electron chi connectivity index (χ4n) is 4.24. The Morgan fingerprint density at radius 3 is 2.26 bits per heavy atom. The molecule has 0 spiro atoms. The van der Waals surface area contributed by atoms with Gasteiger partial charge in [0.1, 0.15) is 17.6 Å². The Balaban J connectivity index is 1.37. The van der Waals surface area contributed by atoms with Gasteiger partial charge in [-0.3, -0.25) is 4.79 Å². The molecule has 2 aliphatic heterocycles. The molecule has 1 aromatic heterocycles. The number of carbonyl (C=O) groups excluding carboxylic acids is 1. The second kappa shape index (κ2) is 8.26. The zero-order valence-corrected chi connectivity index (χ0v) is 17.2. The molecule has 158 valence electrons. The number of methoxy groups -OCH3 is 1. The number of likely N-dealkylation sites (tertiary alicyclic amines) is 1. The van der Waals surface area contributed by atoms with Crippen molar-refractivity contribution in [2.24, 2.45) is 0 Å². The van der Waals surface area contributed by atoms with Crippen LogP contribution in [0, 0.1) is 0 Å². The van der Waals surface area contributed by atoms with E-state index in [1.54, 1.807) is 19.2 Å². The second-order valence-electron chi connectivity index (χ2n) is 7.69. The van der Waals surface area contributed by atoms with Gasteiger partial charge in [0, 0.05) is 29.8 Å². The van der Waals surface area contributed by atoms with Gasteiger partial charge in [-0.05, 0) is 25.0 Å². The van der Waals surface area contributed by atoms with Crippen LogP contribution in [0.5, 0.6) is 23.3 Å². The highest BCUT2D eigenvalue weighted by Crippen LogP contribution is 2.44. The number of piperidine rings is 1. The van der Waals surface area contributed by atoms with Crippen molar-refractivity contribution in [2.45, 2.75) is 24.9 Å². The van der Waals surface area contributed by atoms with Crippen molar-refractivity contribution >= 4 is 5.91 Å². The maximum absolute atomic E-state index is 13.7. The second-order valence-corrected chi connectivity index (χ2v) is 7.69. The topological polar surface area (TPSA) is 73.8 Å². The van der Waals surface area contributed by atoms with Crippen LogP contribution in [0.3, 0.4) is 0 Å². The zero-order chi connectivity index (χ0) is 21.2. The molecular weight excluding hydrogens is 394 g/mol. The van der Waals surface area contributed by atoms with Gasteiger partial charge in [-0.1, -0.05) is 36.4 Å². The summed E-state index contributed by atoms with van der Waals surface area (Å²) in [6, 6.07) is 19.0. The molecule has 3 heterocycles. The Morgan fingerprint density at radius 1 is 0.968 bits per heavy atom. The number of benzene rings is 2. The Kier molecular flexibility index (Phi) is 5.16. The lowest BCUT2D eigenvalue weighted by Crippen LogP contribution is -2.46. The van der Waals surface area contributed by atoms with Crippen LogP contribution in [0.2, 0.25) is 0 Å². The molecule has 1 unspecified atom stereocenters. The summed E-state index contributed by atoms with van der Waals surface area (Å²) >= 11 is 0. The summed E-state index contributed by atoms with van der Waals surface area (Å²) in [5, 5.41) is 7.99. The minimum atomic E-state index is -0.388. The standard InChI is InChI=1S/C24H23N3O4/c1-29-21-12-13-22(26-25-21)30-16-7-6-14-27(15-16)24(28)23-17-8-2-4-10-19(17)31-20-11-5-3-9-18(20)23/h2-5,8-13,16,23H,6-7,14-15H2,1H3. The van der Waals surface area contributed by atoms with Gasteiger partial charge in [0.15, 0.2) is 0 Å². The Bertz CT molecular complexity index is 1040. The van der Waals surface area contributed by atoms with Crippen molar-refractivity contribution in [3.63, 3.8) is 0 Å². The summed E-state index contributed by atoms with van der Waals surface area (Å²) in [6.07, 6.45) is 1.59. The Labute approximate surface area is 180 Å². The molecule has 1 fully saturated rings. The first-order chi connectivity index (χ1) is 15.2. The lowest BCUT2D eigenvalue weighted by Gasteiger charge is -2.36. The van der Waals surface area contributed by atoms with Gasteiger partial charge in [-0.15, -0.1) is 10.2 Å². The molecule has 5 rings (SSSR count). The van der Waals surface area contributed by atoms with Crippen molar-refractivity contribution in [1.29, 1.82) is 0 Å². The molecule has 0 radical (unpaired) electrons. The van der Waals surface area contributed by atoms with E-state index in [4.69, 9.17) is 14.2 Å². The van der Waals surface area contributed by atoms with E-state index in [1.807, 2.05) is 53.4 Å². The van der Waals surface area contributed by atoms with E-state index >= 15 is 0 Å². The highest BCUT2D eigenvalue weighted by Gasteiger charge is 2.37. The number of hydrogen-bond acceptors (Lipinski definition) is 6. The molecular formula is C24H23N3O4. The third-order valence-electron chi connectivity index (χ3n) is 5.73. The predicted molar refractivity (Wildman–Crippen MR) is 114 cm³/mol. The number of ether oxygens (including phenoxy) is 3. The molecule has 0 N–H and O–H groups in total. The molecule has 2 aromatic carbocycles. The lowest BCUT2D eigenvalue weighted by molar-refractivity contribution is -0.134. The first-order valence-corrected chi connectivity index (χ1v) is 10.4. The van der Waals surface area contributed by atoms with Crippen LogP contribution >= 0.6 is 0 Å². The third-order valence-corrected chi connectivity index (χ3v) is 5.73. The molecule has 7 nitrogen and oxygen atoms in total. The fourth-order valence-corrected chi connectivity index (χ4v) is 4.24. The number of amides is 1. The maximum atomic E-state index is 13.7. The largest absolute Gasteiger partial charge is 0.480 e. The van der Waals surface area contributed by atoms with E-state index in [1.165, 1.54) is 0 Å². The number of hydrogen-bond donors (Lipinski definition) is 0. The van der Waals surface area contributed by atoms with E-state index < -0.39 is 0 Å². The predicted octanol–water partition coefficient (Wildman–Crippen LogP) is 3.79. The summed E-state index contributed by atoms with van der Waals surface area (Å²) in [7, 11) is 1.54. The number of fused-ring (bicyclic) bond motifs is 2. The number of nitrogens with zero attached hydrogens (tertiary/aromatic N) is 3. The number of carbonyl (C=O) groups is 1. The molecule has 2 aliphatic rings. The molecule has 0 bridgehead atoms. The van der Waals surface area contributed by atoms with E-state index in [9.17, 15) is 4.79 Å². The average Bonchev–Trinajstić information content (AvgIpc) is 2.83. The van der Waals surface area contributed by atoms with E-state index in [2.05, 4.69) is 10.2 Å². The number of para-hydroxylation sites is 2. The monoisotopic (exact) mass is 417 g/mol. The summed E-state index contributed by atoms with van der Waals surface area (Å²) < 4.78 is 17.1. The molecule has 0 saturated carbocycles. The lowest BCUT2D eigenvalue weighted by atomic mass is 9.86. The van der Waals surface area contributed by atoms with Crippen LogP contribution in [0.25, 0.3) is 0 Å². The highest BCUT2D eigenvalue weighted by molar-refractivity contribution is 5.89. The van der Waals surface area contributed by atoms with Gasteiger partial charge in [0.25, 0.3) is 0 Å². The zero-order valence-electron chi connectivity index (χ0n) is 17.2. The summed E-state index contributed by atoms with van der Waals surface area (Å²) in [6.45, 7) is 1.21. The molecule has 3 aromatic rings. The maximum Gasteiger partial charge on any atom is 0.234 e. The third kappa shape index (κ3) is 3.79. The molecule has 1 atom stereocenters. The molecule has 7 heteroatoms. The normalized spacial score (nSPS) is 17.8. The van der Waals surface area contributed by atoms with Crippen molar-refractivity contribution in [3.05, 3.63) is 71.8 Å². The molecule has 1 saturated heterocycles. The van der Waals surface area contributed by atoms with E-state index in [0.29, 0.717) is 24.8 Å². The summed E-state index contributed by atoms with van der Waals surface area (Å²) in [5.41, 5.74) is 1.80. The quantitative estimate of drug-likeness (QED) is 0.643. The minimum absolute atomic E-state index is 0.0670. The van der Waals surface area contributed by atoms with Gasteiger partial charge >= 0.3 is 0 Å². The van der Waals surface area contributed by atoms with Gasteiger partial charge in [0.05, 0.1) is 19.6 Å².